The molecule has 110 valence electrons. The van der Waals surface area contributed by atoms with E-state index in [1.54, 1.807) is 0 Å². The maximum absolute atomic E-state index is 12.8. The van der Waals surface area contributed by atoms with Crippen LogP contribution >= 0.6 is 11.8 Å². The van der Waals surface area contributed by atoms with Crippen molar-refractivity contribution in [2.24, 2.45) is 10.7 Å². The number of ether oxygens (including phenoxy) is 1. The Morgan fingerprint density at radius 1 is 1.32 bits per heavy atom. The summed E-state index contributed by atoms with van der Waals surface area (Å²) >= 11 is 0.842. The van der Waals surface area contributed by atoms with Crippen LogP contribution < -0.4 is 5.73 Å². The quantitative estimate of drug-likeness (QED) is 0.504. The largest absolute Gasteiger partial charge is 0.419 e. The molecule has 0 spiro atoms. The van der Waals surface area contributed by atoms with Gasteiger partial charge in [-0.15, -0.1) is 0 Å². The second-order valence-electron chi connectivity index (χ2n) is 4.63. The molecule has 0 radical (unpaired) electrons. The van der Waals surface area contributed by atoms with E-state index in [4.69, 9.17) is 10.5 Å². The van der Waals surface area contributed by atoms with E-state index in [-0.39, 0.29) is 5.17 Å². The lowest BCUT2D eigenvalue weighted by Gasteiger charge is -2.44. The van der Waals surface area contributed by atoms with E-state index in [1.807, 2.05) is 0 Å². The molecule has 2 aliphatic heterocycles. The van der Waals surface area contributed by atoms with Crippen LogP contribution in [0, 0.1) is 0 Å². The van der Waals surface area contributed by atoms with Gasteiger partial charge in [0.25, 0.3) is 0 Å². The van der Waals surface area contributed by atoms with Crippen molar-refractivity contribution in [1.29, 1.82) is 0 Å². The topological polar surface area (TPSA) is 108 Å². The first kappa shape index (κ1) is 14.9. The summed E-state index contributed by atoms with van der Waals surface area (Å²) in [7, 11) is 0. The van der Waals surface area contributed by atoms with Crippen molar-refractivity contribution in [2.45, 2.75) is 48.5 Å². The number of nitrogens with two attached hydrogens (primary N) is 1. The van der Waals surface area contributed by atoms with Gasteiger partial charge in [0, 0.05) is 0 Å². The molecule has 0 bridgehead atoms. The Kier molecular flexibility index (Phi) is 3.51. The zero-order chi connectivity index (χ0) is 14.6. The lowest BCUT2D eigenvalue weighted by molar-refractivity contribution is -0.317. The molecular weight excluding hydrogens is 289 g/mol. The predicted molar refractivity (Wildman–Crippen MR) is 60.4 cm³/mol. The number of alkyl halides is 3. The summed E-state index contributed by atoms with van der Waals surface area (Å²) in [5.41, 5.74) is 1.14. The molecule has 0 aromatic heterocycles. The Labute approximate surface area is 110 Å². The predicted octanol–water partition coefficient (Wildman–Crippen LogP) is -0.824. The van der Waals surface area contributed by atoms with E-state index < -0.39 is 41.6 Å². The van der Waals surface area contributed by atoms with Gasteiger partial charge in [-0.1, -0.05) is 11.8 Å². The third-order valence-electron chi connectivity index (χ3n) is 3.21. The minimum atomic E-state index is -5.01. The van der Waals surface area contributed by atoms with Crippen LogP contribution in [0.4, 0.5) is 13.2 Å². The molecule has 2 rings (SSSR count). The molecule has 6 nitrogen and oxygen atoms in total. The molecule has 6 unspecified atom stereocenters. The fraction of sp³-hybridized carbons (Fsp3) is 0.889. The summed E-state index contributed by atoms with van der Waals surface area (Å²) < 4.78 is 43.3. The second kappa shape index (κ2) is 4.48. The second-order valence-corrected chi connectivity index (χ2v) is 5.75. The van der Waals surface area contributed by atoms with Gasteiger partial charge in [0.1, 0.15) is 29.8 Å². The number of aliphatic imine (C=N–C) groups is 1. The molecule has 10 heteroatoms. The van der Waals surface area contributed by atoms with Gasteiger partial charge in [0.05, 0.1) is 0 Å². The molecule has 2 heterocycles. The van der Waals surface area contributed by atoms with Gasteiger partial charge in [-0.25, -0.2) is 0 Å². The molecule has 6 atom stereocenters. The molecule has 1 fully saturated rings. The van der Waals surface area contributed by atoms with E-state index in [0.29, 0.717) is 6.92 Å². The van der Waals surface area contributed by atoms with E-state index >= 15 is 0 Å². The van der Waals surface area contributed by atoms with Crippen LogP contribution in [0.5, 0.6) is 0 Å². The van der Waals surface area contributed by atoms with Crippen LogP contribution in [0.1, 0.15) is 6.92 Å². The SMILES string of the molecule is CC(O)(C1OC2SC(N)=NC2C(O)C1O)C(F)(F)F. The minimum Gasteiger partial charge on any atom is -0.388 e. The summed E-state index contributed by atoms with van der Waals surface area (Å²) in [6, 6.07) is -0.944. The van der Waals surface area contributed by atoms with Crippen LogP contribution in [0.2, 0.25) is 0 Å². The number of thioether (sulfide) groups is 1. The Balaban J connectivity index is 2.26. The Hall–Kier alpha value is -0.550. The van der Waals surface area contributed by atoms with Gasteiger partial charge in [-0.3, -0.25) is 4.99 Å². The maximum Gasteiger partial charge on any atom is 0.419 e. The van der Waals surface area contributed by atoms with Crippen molar-refractivity contribution >= 4 is 16.9 Å². The van der Waals surface area contributed by atoms with Gasteiger partial charge in [-0.2, -0.15) is 13.2 Å². The molecule has 0 aliphatic carbocycles. The summed E-state index contributed by atoms with van der Waals surface area (Å²) in [5, 5.41) is 29.1. The van der Waals surface area contributed by atoms with Crippen molar-refractivity contribution in [3.05, 3.63) is 0 Å². The highest BCUT2D eigenvalue weighted by atomic mass is 32.2. The highest BCUT2D eigenvalue weighted by molar-refractivity contribution is 8.14. The molecule has 0 amide bonds. The standard InChI is InChI=1S/C9H13F3N2O4S/c1-8(17,9(10,11)12)5-4(16)3(15)2-6(18-5)19-7(13)14-2/h2-6,15-17H,1H3,(H2,13,14). The zero-order valence-electron chi connectivity index (χ0n) is 9.70. The first-order chi connectivity index (χ1) is 8.55. The Morgan fingerprint density at radius 2 is 1.89 bits per heavy atom. The lowest BCUT2D eigenvalue weighted by atomic mass is 9.87. The number of aliphatic hydroxyl groups is 3. The van der Waals surface area contributed by atoms with Crippen molar-refractivity contribution < 1.29 is 33.2 Å². The molecule has 1 saturated heterocycles. The number of halogens is 3. The van der Waals surface area contributed by atoms with Gasteiger partial charge >= 0.3 is 6.18 Å². The zero-order valence-corrected chi connectivity index (χ0v) is 10.5. The monoisotopic (exact) mass is 302 g/mol. The molecule has 0 aromatic carbocycles. The smallest absolute Gasteiger partial charge is 0.388 e. The highest BCUT2D eigenvalue weighted by Gasteiger charge is 2.62. The van der Waals surface area contributed by atoms with E-state index in [9.17, 15) is 28.5 Å². The lowest BCUT2D eigenvalue weighted by Crippen LogP contribution is -2.66. The van der Waals surface area contributed by atoms with Crippen molar-refractivity contribution in [3.63, 3.8) is 0 Å². The van der Waals surface area contributed by atoms with Crippen LogP contribution in [-0.4, -0.2) is 62.1 Å². The number of aliphatic hydroxyl groups excluding tert-OH is 2. The van der Waals surface area contributed by atoms with Crippen molar-refractivity contribution in [3.8, 4) is 0 Å². The minimum absolute atomic E-state index is 0.0496. The maximum atomic E-state index is 12.8. The number of fused-ring (bicyclic) bond motifs is 1. The van der Waals surface area contributed by atoms with Crippen LogP contribution in [0.25, 0.3) is 0 Å². The van der Waals surface area contributed by atoms with E-state index in [1.165, 1.54) is 0 Å². The molecule has 0 saturated carbocycles. The molecule has 0 aromatic rings. The van der Waals surface area contributed by atoms with Crippen LogP contribution in [0.3, 0.4) is 0 Å². The summed E-state index contributed by atoms with van der Waals surface area (Å²) in [6.07, 6.45) is -10.5. The molecule has 2 aliphatic rings. The number of hydrogen-bond donors (Lipinski definition) is 4. The van der Waals surface area contributed by atoms with Crippen molar-refractivity contribution in [2.75, 3.05) is 0 Å². The molecule has 5 N–H and O–H groups in total. The number of hydrogen-bond acceptors (Lipinski definition) is 7. The first-order valence-corrected chi connectivity index (χ1v) is 6.24. The fourth-order valence-electron chi connectivity index (χ4n) is 2.00. The van der Waals surface area contributed by atoms with Crippen molar-refractivity contribution in [1.82, 2.24) is 0 Å². The fourth-order valence-corrected chi connectivity index (χ4v) is 2.96. The first-order valence-electron chi connectivity index (χ1n) is 5.36. The van der Waals surface area contributed by atoms with Crippen LogP contribution in [-0.2, 0) is 4.74 Å². The molecular formula is C9H13F3N2O4S. The van der Waals surface area contributed by atoms with Gasteiger partial charge in [0.2, 0.25) is 0 Å². The average Bonchev–Trinajstić information content (AvgIpc) is 2.63. The average molecular weight is 302 g/mol. The number of rotatable bonds is 1. The Bertz CT molecular complexity index is 403. The highest BCUT2D eigenvalue weighted by Crippen LogP contribution is 2.42. The summed E-state index contributed by atoms with van der Waals surface area (Å²) in [5.74, 6) is 0. The third-order valence-corrected chi connectivity index (χ3v) is 4.18. The van der Waals surface area contributed by atoms with Gasteiger partial charge in [-0.05, 0) is 6.92 Å². The normalized spacial score (nSPS) is 42.5. The third kappa shape index (κ3) is 2.31. The summed E-state index contributed by atoms with van der Waals surface area (Å²) in [4.78, 5) is 3.78. The van der Waals surface area contributed by atoms with Gasteiger partial charge in [0.15, 0.2) is 10.8 Å². The summed E-state index contributed by atoms with van der Waals surface area (Å²) in [6.45, 7) is 0.484. The Morgan fingerprint density at radius 3 is 2.42 bits per heavy atom. The number of amidine groups is 1. The molecule has 19 heavy (non-hydrogen) atoms. The van der Waals surface area contributed by atoms with E-state index in [0.717, 1.165) is 11.8 Å². The van der Waals surface area contributed by atoms with Gasteiger partial charge < -0.3 is 25.8 Å². The van der Waals surface area contributed by atoms with Crippen LogP contribution in [0.15, 0.2) is 4.99 Å². The number of nitrogens with zero attached hydrogens (tertiary/aromatic N) is 1. The van der Waals surface area contributed by atoms with E-state index in [2.05, 4.69) is 4.99 Å².